The summed E-state index contributed by atoms with van der Waals surface area (Å²) in [6.07, 6.45) is 4.66. The van der Waals surface area contributed by atoms with Crippen LogP contribution in [0.5, 0.6) is 0 Å². The van der Waals surface area contributed by atoms with Gasteiger partial charge in [-0.05, 0) is 72.4 Å². The second kappa shape index (κ2) is 9.67. The molecule has 0 saturated heterocycles. The standard InChI is InChI=1S/C24H25FN4S/c25-21-9-7-18(8-10-21)4-3-14-26-24(30)28-22-11-12-23(27-16-22)29-15-13-19-5-1-2-6-20(19)17-29/h1-2,5-12,16H,3-4,13-15,17H2,(H2,26,28,30). The topological polar surface area (TPSA) is 40.2 Å². The monoisotopic (exact) mass is 420 g/mol. The van der Waals surface area contributed by atoms with Gasteiger partial charge in [0.1, 0.15) is 11.6 Å². The van der Waals surface area contributed by atoms with Crippen molar-refractivity contribution in [3.63, 3.8) is 0 Å². The molecule has 0 amide bonds. The second-order valence-electron chi connectivity index (χ2n) is 7.46. The molecule has 0 bridgehead atoms. The lowest BCUT2D eigenvalue weighted by molar-refractivity contribution is 0.626. The fourth-order valence-corrected chi connectivity index (χ4v) is 3.88. The Morgan fingerprint density at radius 3 is 2.60 bits per heavy atom. The number of hydrogen-bond acceptors (Lipinski definition) is 3. The van der Waals surface area contributed by atoms with E-state index in [-0.39, 0.29) is 5.82 Å². The van der Waals surface area contributed by atoms with E-state index >= 15 is 0 Å². The number of nitrogens with zero attached hydrogens (tertiary/aromatic N) is 2. The minimum atomic E-state index is -0.202. The van der Waals surface area contributed by atoms with E-state index in [9.17, 15) is 4.39 Å². The number of pyridine rings is 1. The molecule has 4 rings (SSSR count). The second-order valence-corrected chi connectivity index (χ2v) is 7.86. The first-order chi connectivity index (χ1) is 14.7. The zero-order valence-electron chi connectivity index (χ0n) is 16.8. The summed E-state index contributed by atoms with van der Waals surface area (Å²) in [5, 5.41) is 6.97. The molecule has 0 radical (unpaired) electrons. The number of fused-ring (bicyclic) bond motifs is 1. The average Bonchev–Trinajstić information content (AvgIpc) is 2.78. The Morgan fingerprint density at radius 1 is 1.03 bits per heavy atom. The van der Waals surface area contributed by atoms with Crippen LogP contribution in [0, 0.1) is 5.82 Å². The van der Waals surface area contributed by atoms with Crippen LogP contribution < -0.4 is 15.5 Å². The van der Waals surface area contributed by atoms with Crippen molar-refractivity contribution < 1.29 is 4.39 Å². The van der Waals surface area contributed by atoms with Crippen molar-refractivity contribution in [2.75, 3.05) is 23.3 Å². The van der Waals surface area contributed by atoms with Crippen molar-refractivity contribution >= 4 is 28.8 Å². The molecule has 4 nitrogen and oxygen atoms in total. The van der Waals surface area contributed by atoms with Gasteiger partial charge in [-0.1, -0.05) is 36.4 Å². The summed E-state index contributed by atoms with van der Waals surface area (Å²) in [5.74, 6) is 0.778. The highest BCUT2D eigenvalue weighted by molar-refractivity contribution is 7.80. The zero-order valence-corrected chi connectivity index (χ0v) is 17.6. The highest BCUT2D eigenvalue weighted by atomic mass is 32.1. The molecular weight excluding hydrogens is 395 g/mol. The maximum absolute atomic E-state index is 12.9. The molecule has 0 fully saturated rings. The van der Waals surface area contributed by atoms with Crippen molar-refractivity contribution in [2.45, 2.75) is 25.8 Å². The Morgan fingerprint density at radius 2 is 1.83 bits per heavy atom. The van der Waals surface area contributed by atoms with Crippen molar-refractivity contribution in [1.82, 2.24) is 10.3 Å². The summed E-state index contributed by atoms with van der Waals surface area (Å²) in [5.41, 5.74) is 4.80. The smallest absolute Gasteiger partial charge is 0.170 e. The normalized spacial score (nSPS) is 12.9. The molecule has 1 aromatic heterocycles. The van der Waals surface area contributed by atoms with Gasteiger partial charge < -0.3 is 15.5 Å². The van der Waals surface area contributed by atoms with Crippen LogP contribution >= 0.6 is 12.2 Å². The number of nitrogens with one attached hydrogen (secondary N) is 2. The average molecular weight is 421 g/mol. The lowest BCUT2D eigenvalue weighted by atomic mass is 10.00. The number of thiocarbonyl (C=S) groups is 1. The predicted molar refractivity (Wildman–Crippen MR) is 124 cm³/mol. The minimum Gasteiger partial charge on any atom is -0.362 e. The molecule has 30 heavy (non-hydrogen) atoms. The molecule has 6 heteroatoms. The maximum atomic E-state index is 12.9. The lowest BCUT2D eigenvalue weighted by Crippen LogP contribution is -2.31. The molecular formula is C24H25FN4S. The van der Waals surface area contributed by atoms with Crippen LogP contribution in [0.3, 0.4) is 0 Å². The zero-order chi connectivity index (χ0) is 20.8. The van der Waals surface area contributed by atoms with Crippen LogP contribution in [-0.2, 0) is 19.4 Å². The quantitative estimate of drug-likeness (QED) is 0.447. The van der Waals surface area contributed by atoms with Gasteiger partial charge in [0.15, 0.2) is 5.11 Å². The molecule has 2 aromatic carbocycles. The Labute approximate surface area is 182 Å². The van der Waals surface area contributed by atoms with E-state index < -0.39 is 0 Å². The highest BCUT2D eigenvalue weighted by Crippen LogP contribution is 2.23. The largest absolute Gasteiger partial charge is 0.362 e. The number of aryl methyl sites for hydroxylation is 1. The summed E-state index contributed by atoms with van der Waals surface area (Å²) >= 11 is 5.37. The van der Waals surface area contributed by atoms with Gasteiger partial charge in [-0.2, -0.15) is 0 Å². The number of aromatic nitrogens is 1. The highest BCUT2D eigenvalue weighted by Gasteiger charge is 2.16. The van der Waals surface area contributed by atoms with E-state index in [1.165, 1.54) is 23.3 Å². The van der Waals surface area contributed by atoms with E-state index in [0.717, 1.165) is 56.0 Å². The number of anilines is 2. The van der Waals surface area contributed by atoms with Crippen LogP contribution in [0.1, 0.15) is 23.1 Å². The van der Waals surface area contributed by atoms with Crippen molar-refractivity contribution in [3.8, 4) is 0 Å². The molecule has 154 valence electrons. The van der Waals surface area contributed by atoms with E-state index in [1.54, 1.807) is 0 Å². The summed E-state index contributed by atoms with van der Waals surface area (Å²) in [6.45, 7) is 2.62. The van der Waals surface area contributed by atoms with Crippen LogP contribution in [0.2, 0.25) is 0 Å². The number of hydrogen-bond donors (Lipinski definition) is 2. The number of rotatable bonds is 6. The Bertz CT molecular complexity index is 989. The first-order valence-corrected chi connectivity index (χ1v) is 10.7. The van der Waals surface area contributed by atoms with E-state index in [2.05, 4.69) is 44.8 Å². The van der Waals surface area contributed by atoms with Crippen LogP contribution in [0.25, 0.3) is 0 Å². The van der Waals surface area contributed by atoms with E-state index in [1.807, 2.05) is 30.5 Å². The van der Waals surface area contributed by atoms with E-state index in [0.29, 0.717) is 5.11 Å². The fourth-order valence-electron chi connectivity index (χ4n) is 3.66. The van der Waals surface area contributed by atoms with E-state index in [4.69, 9.17) is 12.2 Å². The SMILES string of the molecule is Fc1ccc(CCCNC(=S)Nc2ccc(N3CCc4ccccc4C3)nc2)cc1. The molecule has 0 unspecified atom stereocenters. The summed E-state index contributed by atoms with van der Waals surface area (Å²) in [4.78, 5) is 6.92. The number of halogens is 1. The Kier molecular flexibility index (Phi) is 6.54. The molecule has 2 N–H and O–H groups in total. The van der Waals surface area contributed by atoms with Crippen LogP contribution in [0.4, 0.5) is 15.9 Å². The number of benzene rings is 2. The predicted octanol–water partition coefficient (Wildman–Crippen LogP) is 4.70. The van der Waals surface area contributed by atoms with Gasteiger partial charge in [0, 0.05) is 19.6 Å². The molecule has 0 spiro atoms. The van der Waals surface area contributed by atoms with Crippen molar-refractivity contribution in [2.24, 2.45) is 0 Å². The van der Waals surface area contributed by atoms with Crippen molar-refractivity contribution in [1.29, 1.82) is 0 Å². The minimum absolute atomic E-state index is 0.202. The first kappa shape index (κ1) is 20.3. The molecule has 2 heterocycles. The van der Waals surface area contributed by atoms with Crippen LogP contribution in [-0.4, -0.2) is 23.2 Å². The molecule has 1 aliphatic heterocycles. The molecule has 3 aromatic rings. The summed E-state index contributed by atoms with van der Waals surface area (Å²) in [7, 11) is 0. The first-order valence-electron chi connectivity index (χ1n) is 10.2. The third kappa shape index (κ3) is 5.33. The Balaban J connectivity index is 1.22. The Hall–Kier alpha value is -2.99. The molecule has 1 aliphatic rings. The van der Waals surface area contributed by atoms with Gasteiger partial charge in [-0.3, -0.25) is 0 Å². The molecule has 0 aliphatic carbocycles. The van der Waals surface area contributed by atoms with Gasteiger partial charge in [-0.15, -0.1) is 0 Å². The lowest BCUT2D eigenvalue weighted by Gasteiger charge is -2.29. The third-order valence-electron chi connectivity index (χ3n) is 5.30. The van der Waals surface area contributed by atoms with Gasteiger partial charge >= 0.3 is 0 Å². The van der Waals surface area contributed by atoms with Gasteiger partial charge in [0.05, 0.1) is 11.9 Å². The van der Waals surface area contributed by atoms with Crippen molar-refractivity contribution in [3.05, 3.63) is 89.4 Å². The molecule has 0 saturated carbocycles. The van der Waals surface area contributed by atoms with Crippen LogP contribution in [0.15, 0.2) is 66.9 Å². The molecule has 0 atom stereocenters. The van der Waals surface area contributed by atoms with Gasteiger partial charge in [0.2, 0.25) is 0 Å². The summed E-state index contributed by atoms with van der Waals surface area (Å²) < 4.78 is 12.9. The fraction of sp³-hybridized carbons (Fsp3) is 0.250. The third-order valence-corrected chi connectivity index (χ3v) is 5.55. The summed E-state index contributed by atoms with van der Waals surface area (Å²) in [6, 6.07) is 19.3. The van der Waals surface area contributed by atoms with Gasteiger partial charge in [-0.25, -0.2) is 9.37 Å². The van der Waals surface area contributed by atoms with Gasteiger partial charge in [0.25, 0.3) is 0 Å². The maximum Gasteiger partial charge on any atom is 0.170 e.